The Bertz CT molecular complexity index is 931. The van der Waals surface area contributed by atoms with Gasteiger partial charge in [0.2, 0.25) is 0 Å². The zero-order chi connectivity index (χ0) is 18.8. The van der Waals surface area contributed by atoms with Crippen molar-refractivity contribution in [3.05, 3.63) is 10.4 Å². The number of thiophene rings is 1. The Morgan fingerprint density at radius 3 is 2.70 bits per heavy atom. The van der Waals surface area contributed by atoms with Gasteiger partial charge in [0.15, 0.2) is 16.0 Å². The Labute approximate surface area is 173 Å². The van der Waals surface area contributed by atoms with Crippen molar-refractivity contribution < 1.29 is 4.90 Å². The van der Waals surface area contributed by atoms with E-state index in [-0.39, 0.29) is 0 Å². The van der Waals surface area contributed by atoms with Gasteiger partial charge in [-0.2, -0.15) is 0 Å². The number of quaternary nitrogens is 1. The Kier molecular flexibility index (Phi) is 6.26. The summed E-state index contributed by atoms with van der Waals surface area (Å²) in [5.41, 5.74) is 2.52. The van der Waals surface area contributed by atoms with E-state index in [1.54, 1.807) is 11.8 Å². The van der Waals surface area contributed by atoms with Gasteiger partial charge in [-0.1, -0.05) is 36.9 Å². The molecule has 0 amide bonds. The fourth-order valence-electron chi connectivity index (χ4n) is 3.45. The van der Waals surface area contributed by atoms with Crippen LogP contribution in [-0.2, 0) is 12.8 Å². The zero-order valence-corrected chi connectivity index (χ0v) is 18.8. The minimum atomic E-state index is 0.996. The Hall–Kier alpha value is -0.830. The molecule has 1 aliphatic rings. The van der Waals surface area contributed by atoms with Crippen LogP contribution in [0.5, 0.6) is 0 Å². The largest absolute Gasteiger partial charge is 0.339 e. The van der Waals surface area contributed by atoms with Gasteiger partial charge in [-0.15, -0.1) is 21.5 Å². The Morgan fingerprint density at radius 2 is 1.89 bits per heavy atom. The number of thioether (sulfide) groups is 2. The standard InChI is InChI=1S/C19H27N5S3/c1-4-5-11-25-18-20-17-15(13-8-6-7-9-14(13)27-17)16-21-22-19(24(16)18)26-12-10-23(2)3/h4-12H2,1-3H3/p+1. The minimum Gasteiger partial charge on any atom is -0.339 e. The third-order valence-corrected chi connectivity index (χ3v) is 8.10. The second-order valence-corrected chi connectivity index (χ2v) is 10.6. The van der Waals surface area contributed by atoms with Crippen LogP contribution in [0, 0.1) is 0 Å². The maximum Gasteiger partial charge on any atom is 0.197 e. The van der Waals surface area contributed by atoms with Crippen molar-refractivity contribution in [3.63, 3.8) is 0 Å². The molecule has 8 heteroatoms. The minimum absolute atomic E-state index is 0.996. The third kappa shape index (κ3) is 3.99. The summed E-state index contributed by atoms with van der Waals surface area (Å²) in [6.45, 7) is 3.35. The van der Waals surface area contributed by atoms with E-state index in [9.17, 15) is 0 Å². The van der Waals surface area contributed by atoms with Crippen LogP contribution < -0.4 is 4.90 Å². The normalized spacial score (nSPS) is 14.5. The summed E-state index contributed by atoms with van der Waals surface area (Å²) >= 11 is 5.54. The molecule has 0 aliphatic heterocycles. The second-order valence-electron chi connectivity index (χ2n) is 7.43. The highest BCUT2D eigenvalue weighted by molar-refractivity contribution is 7.99. The van der Waals surface area contributed by atoms with Gasteiger partial charge in [0.1, 0.15) is 4.83 Å². The lowest BCUT2D eigenvalue weighted by Gasteiger charge is -2.11. The van der Waals surface area contributed by atoms with E-state index in [0.29, 0.717) is 0 Å². The smallest absolute Gasteiger partial charge is 0.197 e. The van der Waals surface area contributed by atoms with Crippen LogP contribution in [0.1, 0.15) is 43.0 Å². The molecule has 0 radical (unpaired) electrons. The summed E-state index contributed by atoms with van der Waals surface area (Å²) < 4.78 is 2.24. The number of hydrogen-bond donors (Lipinski definition) is 1. The first-order valence-electron chi connectivity index (χ1n) is 9.93. The van der Waals surface area contributed by atoms with Gasteiger partial charge < -0.3 is 4.90 Å². The van der Waals surface area contributed by atoms with Crippen molar-refractivity contribution >= 4 is 50.7 Å². The summed E-state index contributed by atoms with van der Waals surface area (Å²) in [5.74, 6) is 2.14. The number of hydrogen-bond acceptors (Lipinski definition) is 6. The monoisotopic (exact) mass is 422 g/mol. The van der Waals surface area contributed by atoms with Crippen LogP contribution in [0.3, 0.4) is 0 Å². The summed E-state index contributed by atoms with van der Waals surface area (Å²) in [6, 6.07) is 0. The topological polar surface area (TPSA) is 47.5 Å². The van der Waals surface area contributed by atoms with Crippen molar-refractivity contribution in [2.24, 2.45) is 0 Å². The van der Waals surface area contributed by atoms with Crippen molar-refractivity contribution in [3.8, 4) is 0 Å². The molecular weight excluding hydrogens is 394 g/mol. The molecule has 0 saturated heterocycles. The lowest BCUT2D eigenvalue weighted by Crippen LogP contribution is -3.06. The lowest BCUT2D eigenvalue weighted by molar-refractivity contribution is -0.855. The number of unbranched alkanes of at least 4 members (excludes halogenated alkanes) is 1. The number of nitrogens with zero attached hydrogens (tertiary/aromatic N) is 4. The molecule has 0 atom stereocenters. The molecular formula is C19H28N5S3+. The second kappa shape index (κ2) is 8.68. The first kappa shape index (κ1) is 19.5. The van der Waals surface area contributed by atoms with Gasteiger partial charge >= 0.3 is 0 Å². The van der Waals surface area contributed by atoms with E-state index in [1.165, 1.54) is 52.8 Å². The fraction of sp³-hybridized carbons (Fsp3) is 0.632. The highest BCUT2D eigenvalue weighted by Crippen LogP contribution is 2.39. The number of nitrogens with one attached hydrogen (secondary N) is 1. The third-order valence-electron chi connectivity index (χ3n) is 4.96. The van der Waals surface area contributed by atoms with Gasteiger partial charge in [0, 0.05) is 10.6 Å². The van der Waals surface area contributed by atoms with Crippen molar-refractivity contribution in [2.75, 3.05) is 32.1 Å². The average molecular weight is 423 g/mol. The van der Waals surface area contributed by atoms with Gasteiger partial charge in [-0.05, 0) is 37.7 Å². The van der Waals surface area contributed by atoms with Crippen LogP contribution in [0.25, 0.3) is 15.9 Å². The number of aromatic nitrogens is 4. The Morgan fingerprint density at radius 1 is 1.07 bits per heavy atom. The number of aryl methyl sites for hydroxylation is 2. The molecule has 3 aromatic heterocycles. The molecule has 146 valence electrons. The highest BCUT2D eigenvalue weighted by atomic mass is 32.2. The molecule has 1 N–H and O–H groups in total. The first-order chi connectivity index (χ1) is 13.2. The van der Waals surface area contributed by atoms with E-state index in [1.807, 2.05) is 23.1 Å². The van der Waals surface area contributed by atoms with Crippen LogP contribution in [-0.4, -0.2) is 51.7 Å². The van der Waals surface area contributed by atoms with E-state index >= 15 is 0 Å². The van der Waals surface area contributed by atoms with Crippen molar-refractivity contribution in [1.29, 1.82) is 0 Å². The quantitative estimate of drug-likeness (QED) is 0.343. The highest BCUT2D eigenvalue weighted by Gasteiger charge is 2.23. The predicted octanol–water partition coefficient (Wildman–Crippen LogP) is 3.35. The molecule has 1 aliphatic carbocycles. The van der Waals surface area contributed by atoms with Gasteiger partial charge in [-0.25, -0.2) is 9.38 Å². The molecule has 0 aromatic carbocycles. The summed E-state index contributed by atoms with van der Waals surface area (Å²) in [5, 5.41) is 12.6. The van der Waals surface area contributed by atoms with E-state index < -0.39 is 0 Å². The molecule has 0 unspecified atom stereocenters. The maximum atomic E-state index is 5.10. The van der Waals surface area contributed by atoms with Gasteiger partial charge in [0.05, 0.1) is 31.8 Å². The molecule has 0 fully saturated rings. The Balaban J connectivity index is 1.79. The molecule has 0 saturated carbocycles. The van der Waals surface area contributed by atoms with Crippen LogP contribution >= 0.6 is 34.9 Å². The van der Waals surface area contributed by atoms with Crippen LogP contribution in [0.15, 0.2) is 10.3 Å². The molecule has 3 aromatic rings. The summed E-state index contributed by atoms with van der Waals surface area (Å²) in [4.78, 5) is 9.25. The lowest BCUT2D eigenvalue weighted by atomic mass is 9.97. The van der Waals surface area contributed by atoms with Gasteiger partial charge in [-0.3, -0.25) is 0 Å². The number of fused-ring (bicyclic) bond motifs is 5. The van der Waals surface area contributed by atoms with E-state index in [0.717, 1.165) is 45.3 Å². The molecule has 5 nitrogen and oxygen atoms in total. The zero-order valence-electron chi connectivity index (χ0n) is 16.4. The molecule has 0 bridgehead atoms. The van der Waals surface area contributed by atoms with Crippen LogP contribution in [0.4, 0.5) is 0 Å². The predicted molar refractivity (Wildman–Crippen MR) is 117 cm³/mol. The van der Waals surface area contributed by atoms with Crippen LogP contribution in [0.2, 0.25) is 0 Å². The molecule has 27 heavy (non-hydrogen) atoms. The average Bonchev–Trinajstić information content (AvgIpc) is 3.22. The van der Waals surface area contributed by atoms with Gasteiger partial charge in [0.25, 0.3) is 0 Å². The molecule has 3 heterocycles. The SMILES string of the molecule is CCCCSc1nc2sc3c(c2c2nnc(SCC[NH+](C)C)n12)CCCC3. The molecule has 0 spiro atoms. The van der Waals surface area contributed by atoms with E-state index in [2.05, 4.69) is 35.6 Å². The first-order valence-corrected chi connectivity index (χ1v) is 12.7. The summed E-state index contributed by atoms with van der Waals surface area (Å²) in [7, 11) is 4.38. The fourth-order valence-corrected chi connectivity index (χ4v) is 6.98. The molecule has 4 rings (SSSR count). The number of rotatable bonds is 8. The van der Waals surface area contributed by atoms with Crippen molar-refractivity contribution in [1.82, 2.24) is 19.6 Å². The van der Waals surface area contributed by atoms with E-state index in [4.69, 9.17) is 4.98 Å². The maximum absolute atomic E-state index is 5.10. The summed E-state index contributed by atoms with van der Waals surface area (Å²) in [6.07, 6.45) is 7.35. The van der Waals surface area contributed by atoms with Crippen molar-refractivity contribution in [2.45, 2.75) is 55.8 Å².